The van der Waals surface area contributed by atoms with Crippen LogP contribution in [-0.2, 0) is 4.79 Å². The Labute approximate surface area is 156 Å². The third-order valence-corrected chi connectivity index (χ3v) is 3.92. The zero-order valence-electron chi connectivity index (χ0n) is 15.2. The highest BCUT2D eigenvalue weighted by molar-refractivity contribution is 7.80. The van der Waals surface area contributed by atoms with Crippen LogP contribution in [0.4, 0.5) is 5.69 Å². The Morgan fingerprint density at radius 3 is 2.44 bits per heavy atom. The monoisotopic (exact) mass is 363 g/mol. The molecule has 0 unspecified atom stereocenters. The van der Waals surface area contributed by atoms with Gasteiger partial charge in [-0.2, -0.15) is 0 Å². The van der Waals surface area contributed by atoms with Crippen molar-refractivity contribution in [3.05, 3.63) is 29.8 Å². The topological polar surface area (TPSA) is 70.2 Å². The average molecular weight is 364 g/mol. The van der Waals surface area contributed by atoms with E-state index in [4.69, 9.17) is 12.2 Å². The number of hydrogen-bond donors (Lipinski definition) is 3. The Hall–Kier alpha value is -1.95. The molecule has 0 aromatic heterocycles. The zero-order chi connectivity index (χ0) is 18.5. The Morgan fingerprint density at radius 1 is 1.00 bits per heavy atom. The van der Waals surface area contributed by atoms with E-state index in [0.717, 1.165) is 25.7 Å². The van der Waals surface area contributed by atoms with E-state index in [1.54, 1.807) is 18.2 Å². The summed E-state index contributed by atoms with van der Waals surface area (Å²) in [6, 6.07) is 7.11. The van der Waals surface area contributed by atoms with Gasteiger partial charge in [-0.05, 0) is 37.2 Å². The molecule has 6 heteroatoms. The molecule has 5 nitrogen and oxygen atoms in total. The quantitative estimate of drug-likeness (QED) is 0.434. The van der Waals surface area contributed by atoms with Gasteiger partial charge in [-0.1, -0.05) is 51.7 Å². The fourth-order valence-corrected chi connectivity index (χ4v) is 2.58. The first kappa shape index (κ1) is 21.1. The SMILES string of the molecule is CCCCCCCC(=O)NC(=S)Nc1ccccc1C(=O)NCCC. The number of para-hydroxylation sites is 1. The van der Waals surface area contributed by atoms with Crippen molar-refractivity contribution in [3.8, 4) is 0 Å². The molecular weight excluding hydrogens is 334 g/mol. The fourth-order valence-electron chi connectivity index (χ4n) is 2.36. The summed E-state index contributed by atoms with van der Waals surface area (Å²) in [7, 11) is 0. The van der Waals surface area contributed by atoms with Gasteiger partial charge >= 0.3 is 0 Å². The number of anilines is 1. The zero-order valence-corrected chi connectivity index (χ0v) is 16.0. The summed E-state index contributed by atoms with van der Waals surface area (Å²) in [6.07, 6.45) is 6.81. The third-order valence-electron chi connectivity index (χ3n) is 3.72. The highest BCUT2D eigenvalue weighted by atomic mass is 32.1. The van der Waals surface area contributed by atoms with Crippen LogP contribution >= 0.6 is 12.2 Å². The second-order valence-electron chi connectivity index (χ2n) is 5.97. The highest BCUT2D eigenvalue weighted by Gasteiger charge is 2.12. The van der Waals surface area contributed by atoms with Gasteiger partial charge in [-0.25, -0.2) is 0 Å². The molecule has 0 saturated heterocycles. The van der Waals surface area contributed by atoms with E-state index in [-0.39, 0.29) is 16.9 Å². The molecule has 0 atom stereocenters. The summed E-state index contributed by atoms with van der Waals surface area (Å²) in [4.78, 5) is 24.1. The summed E-state index contributed by atoms with van der Waals surface area (Å²) < 4.78 is 0. The Balaban J connectivity index is 2.48. The molecule has 25 heavy (non-hydrogen) atoms. The van der Waals surface area contributed by atoms with Gasteiger partial charge in [-0.3, -0.25) is 9.59 Å². The molecular formula is C19H29N3O2S. The van der Waals surface area contributed by atoms with Gasteiger partial charge in [0.05, 0.1) is 11.3 Å². The third kappa shape index (κ3) is 8.63. The number of hydrogen-bond acceptors (Lipinski definition) is 3. The normalized spacial score (nSPS) is 10.2. The molecule has 0 fully saturated rings. The van der Waals surface area contributed by atoms with Crippen LogP contribution in [0.25, 0.3) is 0 Å². The van der Waals surface area contributed by atoms with Gasteiger partial charge in [0.25, 0.3) is 5.91 Å². The maximum Gasteiger partial charge on any atom is 0.253 e. The van der Waals surface area contributed by atoms with Crippen LogP contribution in [-0.4, -0.2) is 23.5 Å². The van der Waals surface area contributed by atoms with Crippen molar-refractivity contribution in [2.75, 3.05) is 11.9 Å². The molecule has 1 rings (SSSR count). The number of unbranched alkanes of at least 4 members (excludes halogenated alkanes) is 4. The molecule has 1 aromatic carbocycles. The Kier molecular flexibility index (Phi) is 10.5. The van der Waals surface area contributed by atoms with Crippen molar-refractivity contribution in [2.45, 2.75) is 58.8 Å². The number of nitrogens with one attached hydrogen (secondary N) is 3. The molecule has 0 aliphatic carbocycles. The summed E-state index contributed by atoms with van der Waals surface area (Å²) in [5.41, 5.74) is 1.09. The second-order valence-corrected chi connectivity index (χ2v) is 6.38. The molecule has 0 spiro atoms. The minimum atomic E-state index is -0.157. The van der Waals surface area contributed by atoms with E-state index >= 15 is 0 Å². The van der Waals surface area contributed by atoms with Crippen LogP contribution in [0.5, 0.6) is 0 Å². The van der Waals surface area contributed by atoms with E-state index in [1.165, 1.54) is 12.8 Å². The summed E-state index contributed by atoms with van der Waals surface area (Å²) in [5.74, 6) is -0.253. The van der Waals surface area contributed by atoms with Crippen LogP contribution in [0.2, 0.25) is 0 Å². The smallest absolute Gasteiger partial charge is 0.253 e. The predicted octanol–water partition coefficient (Wildman–Crippen LogP) is 4.00. The van der Waals surface area contributed by atoms with Gasteiger partial charge in [0.2, 0.25) is 5.91 Å². The van der Waals surface area contributed by atoms with Crippen LogP contribution < -0.4 is 16.0 Å². The molecule has 0 aliphatic heterocycles. The molecule has 0 bridgehead atoms. The van der Waals surface area contributed by atoms with Crippen LogP contribution in [0.3, 0.4) is 0 Å². The Bertz CT molecular complexity index is 576. The first-order chi connectivity index (χ1) is 12.1. The number of benzene rings is 1. The lowest BCUT2D eigenvalue weighted by Gasteiger charge is -2.13. The van der Waals surface area contributed by atoms with Crippen molar-refractivity contribution in [1.82, 2.24) is 10.6 Å². The molecule has 0 aliphatic rings. The molecule has 3 N–H and O–H groups in total. The number of amides is 2. The van der Waals surface area contributed by atoms with Gasteiger partial charge in [-0.15, -0.1) is 0 Å². The standard InChI is InChI=1S/C19H29N3O2S/c1-3-5-6-7-8-13-17(23)22-19(25)21-16-12-10-9-11-15(16)18(24)20-14-4-2/h9-12H,3-8,13-14H2,1-2H3,(H,20,24)(H2,21,22,23,25). The summed E-state index contributed by atoms with van der Waals surface area (Å²) in [6.45, 7) is 4.78. The van der Waals surface area contributed by atoms with Gasteiger partial charge in [0.15, 0.2) is 5.11 Å². The van der Waals surface area contributed by atoms with E-state index in [1.807, 2.05) is 13.0 Å². The highest BCUT2D eigenvalue weighted by Crippen LogP contribution is 2.15. The lowest BCUT2D eigenvalue weighted by atomic mass is 10.1. The number of carbonyl (C=O) groups is 2. The molecule has 0 heterocycles. The minimum Gasteiger partial charge on any atom is -0.352 e. The first-order valence-corrected chi connectivity index (χ1v) is 9.47. The van der Waals surface area contributed by atoms with E-state index < -0.39 is 0 Å². The predicted molar refractivity (Wildman–Crippen MR) is 107 cm³/mol. The fraction of sp³-hybridized carbons (Fsp3) is 0.526. The number of thiocarbonyl (C=S) groups is 1. The number of carbonyl (C=O) groups excluding carboxylic acids is 2. The van der Waals surface area contributed by atoms with Crippen molar-refractivity contribution >= 4 is 34.8 Å². The summed E-state index contributed by atoms with van der Waals surface area (Å²) in [5, 5.41) is 8.68. The molecule has 2 amide bonds. The molecule has 0 saturated carbocycles. The molecule has 138 valence electrons. The van der Waals surface area contributed by atoms with Crippen molar-refractivity contribution in [2.24, 2.45) is 0 Å². The molecule has 0 radical (unpaired) electrons. The van der Waals surface area contributed by atoms with Gasteiger partial charge in [0.1, 0.15) is 0 Å². The van der Waals surface area contributed by atoms with E-state index in [0.29, 0.717) is 24.2 Å². The average Bonchev–Trinajstić information content (AvgIpc) is 2.59. The molecule has 1 aromatic rings. The van der Waals surface area contributed by atoms with Crippen LogP contribution in [0.15, 0.2) is 24.3 Å². The maximum absolute atomic E-state index is 12.2. The maximum atomic E-state index is 12.2. The Morgan fingerprint density at radius 2 is 1.72 bits per heavy atom. The van der Waals surface area contributed by atoms with Gasteiger partial charge in [0, 0.05) is 13.0 Å². The van der Waals surface area contributed by atoms with Crippen molar-refractivity contribution < 1.29 is 9.59 Å². The van der Waals surface area contributed by atoms with E-state index in [2.05, 4.69) is 22.9 Å². The van der Waals surface area contributed by atoms with Gasteiger partial charge < -0.3 is 16.0 Å². The largest absolute Gasteiger partial charge is 0.352 e. The lowest BCUT2D eigenvalue weighted by molar-refractivity contribution is -0.119. The number of rotatable bonds is 10. The lowest BCUT2D eigenvalue weighted by Crippen LogP contribution is -2.34. The van der Waals surface area contributed by atoms with Crippen LogP contribution in [0.1, 0.15) is 69.2 Å². The van der Waals surface area contributed by atoms with Crippen LogP contribution in [0, 0.1) is 0 Å². The minimum absolute atomic E-state index is 0.0954. The first-order valence-electron chi connectivity index (χ1n) is 9.06. The summed E-state index contributed by atoms with van der Waals surface area (Å²) >= 11 is 5.19. The van der Waals surface area contributed by atoms with Crippen molar-refractivity contribution in [3.63, 3.8) is 0 Å². The van der Waals surface area contributed by atoms with E-state index in [9.17, 15) is 9.59 Å². The van der Waals surface area contributed by atoms with Crippen molar-refractivity contribution in [1.29, 1.82) is 0 Å². The second kappa shape index (κ2) is 12.4.